The van der Waals surface area contributed by atoms with E-state index in [9.17, 15) is 14.4 Å². The average Bonchev–Trinajstić information content (AvgIpc) is 3.35. The average molecular weight is 964 g/mol. The Labute approximate surface area is 427 Å². The van der Waals surface area contributed by atoms with Crippen LogP contribution in [0.5, 0.6) is 0 Å². The summed E-state index contributed by atoms with van der Waals surface area (Å²) in [6.07, 6.45) is 73.2. The van der Waals surface area contributed by atoms with E-state index in [1.807, 2.05) is 0 Å². The molecule has 6 heteroatoms. The minimum atomic E-state index is -0.795. The highest BCUT2D eigenvalue weighted by Gasteiger charge is 2.19. The molecule has 0 amide bonds. The van der Waals surface area contributed by atoms with Crippen LogP contribution in [0, 0.1) is 0 Å². The van der Waals surface area contributed by atoms with Gasteiger partial charge < -0.3 is 14.2 Å². The van der Waals surface area contributed by atoms with E-state index in [0.29, 0.717) is 19.3 Å². The van der Waals surface area contributed by atoms with Crippen molar-refractivity contribution in [3.63, 3.8) is 0 Å². The second kappa shape index (κ2) is 57.4. The third kappa shape index (κ3) is 55.6. The molecule has 0 aromatic rings. The first-order valence-electron chi connectivity index (χ1n) is 29.4. The molecule has 0 radical (unpaired) electrons. The van der Waals surface area contributed by atoms with Crippen LogP contribution in [0.15, 0.2) is 72.9 Å². The van der Waals surface area contributed by atoms with E-state index >= 15 is 0 Å². The summed E-state index contributed by atoms with van der Waals surface area (Å²) >= 11 is 0. The third-order valence-electron chi connectivity index (χ3n) is 12.7. The molecule has 0 heterocycles. The fourth-order valence-corrected chi connectivity index (χ4v) is 8.18. The maximum atomic E-state index is 12.9. The highest BCUT2D eigenvalue weighted by Crippen LogP contribution is 2.15. The zero-order valence-electron chi connectivity index (χ0n) is 45.6. The Hall–Kier alpha value is -3.15. The van der Waals surface area contributed by atoms with Crippen molar-refractivity contribution in [2.75, 3.05) is 13.2 Å². The summed E-state index contributed by atoms with van der Waals surface area (Å²) in [6.45, 7) is 6.56. The molecule has 398 valence electrons. The van der Waals surface area contributed by atoms with Gasteiger partial charge in [-0.2, -0.15) is 0 Å². The molecule has 0 unspecified atom stereocenters. The Balaban J connectivity index is 4.42. The molecule has 0 N–H and O–H groups in total. The largest absolute Gasteiger partial charge is 0.462 e. The van der Waals surface area contributed by atoms with Gasteiger partial charge in [0.15, 0.2) is 6.10 Å². The second-order valence-corrected chi connectivity index (χ2v) is 19.5. The number of hydrogen-bond acceptors (Lipinski definition) is 6. The van der Waals surface area contributed by atoms with Gasteiger partial charge in [0.25, 0.3) is 0 Å². The molecular weight excluding hydrogens is 853 g/mol. The standard InChI is InChI=1S/C63H110O6/c1-4-7-10-13-16-19-22-25-28-30-31-33-35-38-41-44-47-50-53-56-62(65)68-59-60(58-67-61(64)55-52-49-46-43-40-37-34-27-24-21-18-15-12-9-6-3)69-63(66)57-54-51-48-45-42-39-36-32-29-26-23-20-17-14-11-8-5-2/h16,18-19,21,25-29,34,40,43,60H,4-15,17,20,22-24,30-33,35-39,41-42,44-59H2,1-3H3/b19-16-,21-18-,28-25-,29-26-,34-27-,43-40-/t60-/m0/s1. The van der Waals surface area contributed by atoms with Gasteiger partial charge in [-0.25, -0.2) is 0 Å². The molecule has 6 nitrogen and oxygen atoms in total. The summed E-state index contributed by atoms with van der Waals surface area (Å²) in [5.74, 6) is -0.930. The van der Waals surface area contributed by atoms with Crippen LogP contribution in [-0.2, 0) is 28.6 Å². The van der Waals surface area contributed by atoms with Crippen LogP contribution in [0.2, 0.25) is 0 Å². The smallest absolute Gasteiger partial charge is 0.306 e. The van der Waals surface area contributed by atoms with Gasteiger partial charge >= 0.3 is 17.9 Å². The molecular formula is C63H110O6. The fourth-order valence-electron chi connectivity index (χ4n) is 8.18. The maximum Gasteiger partial charge on any atom is 0.306 e. The van der Waals surface area contributed by atoms with Crippen LogP contribution >= 0.6 is 0 Å². The van der Waals surface area contributed by atoms with Crippen molar-refractivity contribution >= 4 is 17.9 Å². The predicted octanol–water partition coefficient (Wildman–Crippen LogP) is 19.8. The quantitative estimate of drug-likeness (QED) is 0.0262. The van der Waals surface area contributed by atoms with Crippen molar-refractivity contribution in [3.05, 3.63) is 72.9 Å². The molecule has 0 saturated heterocycles. The van der Waals surface area contributed by atoms with Crippen molar-refractivity contribution in [2.45, 2.75) is 297 Å². The molecule has 0 rings (SSSR count). The summed E-state index contributed by atoms with van der Waals surface area (Å²) in [7, 11) is 0. The normalized spacial score (nSPS) is 12.6. The van der Waals surface area contributed by atoms with E-state index in [1.54, 1.807) is 0 Å². The molecule has 0 aromatic carbocycles. The zero-order valence-corrected chi connectivity index (χ0v) is 45.6. The van der Waals surface area contributed by atoms with Crippen molar-refractivity contribution < 1.29 is 28.6 Å². The number of carbonyl (C=O) groups is 3. The van der Waals surface area contributed by atoms with Crippen LogP contribution in [0.1, 0.15) is 290 Å². The summed E-state index contributed by atoms with van der Waals surface area (Å²) in [5, 5.41) is 0. The Bertz CT molecular complexity index is 1290. The number of unbranched alkanes of at least 4 members (excludes halogenated alkanes) is 30. The van der Waals surface area contributed by atoms with Gasteiger partial charge in [-0.3, -0.25) is 14.4 Å². The van der Waals surface area contributed by atoms with Gasteiger partial charge in [0.05, 0.1) is 0 Å². The molecule has 0 aliphatic heterocycles. The van der Waals surface area contributed by atoms with Gasteiger partial charge in [-0.15, -0.1) is 0 Å². The molecule has 0 fully saturated rings. The van der Waals surface area contributed by atoms with Gasteiger partial charge in [0, 0.05) is 19.3 Å². The highest BCUT2D eigenvalue weighted by molar-refractivity contribution is 5.71. The second-order valence-electron chi connectivity index (χ2n) is 19.5. The number of esters is 3. The van der Waals surface area contributed by atoms with E-state index in [2.05, 4.69) is 93.7 Å². The van der Waals surface area contributed by atoms with Crippen LogP contribution < -0.4 is 0 Å². The molecule has 69 heavy (non-hydrogen) atoms. The summed E-state index contributed by atoms with van der Waals surface area (Å²) < 4.78 is 16.8. The van der Waals surface area contributed by atoms with Crippen molar-refractivity contribution in [3.8, 4) is 0 Å². The molecule has 0 spiro atoms. The molecule has 0 aromatic heterocycles. The van der Waals surface area contributed by atoms with Crippen molar-refractivity contribution in [1.29, 1.82) is 0 Å². The SMILES string of the molecule is CCCCC/C=C\C/C=C\C/C=C\CCCCC(=O)OC[C@@H](COC(=O)CCCCCCCCCCC/C=C\C/C=C\CCCCC)OC(=O)CCCCCCCCC/C=C\CCCCCCCC. The Morgan fingerprint density at radius 3 is 0.884 bits per heavy atom. The lowest BCUT2D eigenvalue weighted by Crippen LogP contribution is -2.30. The maximum absolute atomic E-state index is 12.9. The van der Waals surface area contributed by atoms with Crippen molar-refractivity contribution in [1.82, 2.24) is 0 Å². The van der Waals surface area contributed by atoms with Gasteiger partial charge in [-0.05, 0) is 116 Å². The lowest BCUT2D eigenvalue weighted by molar-refractivity contribution is -0.167. The van der Waals surface area contributed by atoms with Crippen LogP contribution in [0.3, 0.4) is 0 Å². The van der Waals surface area contributed by atoms with E-state index < -0.39 is 6.10 Å². The Morgan fingerprint density at radius 2 is 0.522 bits per heavy atom. The first kappa shape index (κ1) is 65.8. The molecule has 0 bridgehead atoms. The van der Waals surface area contributed by atoms with Crippen LogP contribution in [-0.4, -0.2) is 37.2 Å². The Kier molecular flexibility index (Phi) is 54.8. The van der Waals surface area contributed by atoms with E-state index in [0.717, 1.165) is 77.0 Å². The zero-order chi connectivity index (χ0) is 50.0. The van der Waals surface area contributed by atoms with Gasteiger partial charge in [0.2, 0.25) is 0 Å². The molecule has 0 aliphatic rings. The summed E-state index contributed by atoms with van der Waals surface area (Å²) in [4.78, 5) is 38.2. The first-order valence-corrected chi connectivity index (χ1v) is 29.4. The molecule has 0 aliphatic carbocycles. The summed E-state index contributed by atoms with van der Waals surface area (Å²) in [6, 6.07) is 0. The topological polar surface area (TPSA) is 78.9 Å². The number of carbonyl (C=O) groups excluding carboxylic acids is 3. The Morgan fingerprint density at radius 1 is 0.290 bits per heavy atom. The monoisotopic (exact) mass is 963 g/mol. The fraction of sp³-hybridized carbons (Fsp3) is 0.762. The lowest BCUT2D eigenvalue weighted by atomic mass is 10.1. The number of allylic oxidation sites excluding steroid dienone is 12. The molecule has 1 atom stereocenters. The number of hydrogen-bond donors (Lipinski definition) is 0. The van der Waals surface area contributed by atoms with E-state index in [4.69, 9.17) is 14.2 Å². The molecule has 0 saturated carbocycles. The van der Waals surface area contributed by atoms with Crippen LogP contribution in [0.4, 0.5) is 0 Å². The van der Waals surface area contributed by atoms with Gasteiger partial charge in [0.1, 0.15) is 13.2 Å². The predicted molar refractivity (Wildman–Crippen MR) is 298 cm³/mol. The third-order valence-corrected chi connectivity index (χ3v) is 12.7. The number of ether oxygens (including phenoxy) is 3. The van der Waals surface area contributed by atoms with E-state index in [1.165, 1.54) is 173 Å². The highest BCUT2D eigenvalue weighted by atomic mass is 16.6. The summed E-state index contributed by atoms with van der Waals surface area (Å²) in [5.41, 5.74) is 0. The first-order chi connectivity index (χ1) is 34.0. The minimum absolute atomic E-state index is 0.0907. The van der Waals surface area contributed by atoms with E-state index in [-0.39, 0.29) is 31.1 Å². The lowest BCUT2D eigenvalue weighted by Gasteiger charge is -2.18. The minimum Gasteiger partial charge on any atom is -0.462 e. The van der Waals surface area contributed by atoms with Crippen molar-refractivity contribution in [2.24, 2.45) is 0 Å². The number of rotatable bonds is 53. The van der Waals surface area contributed by atoms with Crippen LogP contribution in [0.25, 0.3) is 0 Å². The van der Waals surface area contributed by atoms with Gasteiger partial charge in [-0.1, -0.05) is 229 Å².